The minimum Gasteiger partial charge on any atom is -0.468 e. The summed E-state index contributed by atoms with van der Waals surface area (Å²) in [4.78, 5) is 8.25. The van der Waals surface area contributed by atoms with Crippen molar-refractivity contribution in [3.05, 3.63) is 48.7 Å². The Labute approximate surface area is 140 Å². The van der Waals surface area contributed by atoms with Gasteiger partial charge in [-0.25, -0.2) is 8.78 Å². The molecule has 0 radical (unpaired) electrons. The highest BCUT2D eigenvalue weighted by Gasteiger charge is 2.59. The lowest BCUT2D eigenvalue weighted by Crippen LogP contribution is -2.56. The van der Waals surface area contributed by atoms with Gasteiger partial charge in [-0.2, -0.15) is 0 Å². The van der Waals surface area contributed by atoms with Gasteiger partial charge in [0.15, 0.2) is 0 Å². The van der Waals surface area contributed by atoms with Crippen molar-refractivity contribution < 1.29 is 13.2 Å². The molecule has 0 N–H and O–H groups in total. The van der Waals surface area contributed by atoms with Crippen LogP contribution in [-0.4, -0.2) is 42.0 Å². The average molecular weight is 333 g/mol. The predicted octanol–water partition coefficient (Wildman–Crippen LogP) is 3.41. The van der Waals surface area contributed by atoms with Gasteiger partial charge in [0, 0.05) is 38.8 Å². The summed E-state index contributed by atoms with van der Waals surface area (Å²) < 4.78 is 35.0. The van der Waals surface area contributed by atoms with Crippen LogP contribution in [0, 0.1) is 5.41 Å². The van der Waals surface area contributed by atoms with E-state index in [1.807, 2.05) is 29.2 Å². The first-order valence-corrected chi connectivity index (χ1v) is 8.36. The van der Waals surface area contributed by atoms with Crippen molar-refractivity contribution in [1.82, 2.24) is 9.88 Å². The van der Waals surface area contributed by atoms with Crippen LogP contribution in [0.3, 0.4) is 0 Å². The number of hydrogen-bond acceptors (Lipinski definition) is 4. The molecule has 2 saturated heterocycles. The van der Waals surface area contributed by atoms with Gasteiger partial charge in [-0.1, -0.05) is 0 Å². The summed E-state index contributed by atoms with van der Waals surface area (Å²) in [6, 6.07) is 7.52. The van der Waals surface area contributed by atoms with E-state index in [1.54, 1.807) is 18.7 Å². The summed E-state index contributed by atoms with van der Waals surface area (Å²) in [5.41, 5.74) is -0.0680. The van der Waals surface area contributed by atoms with E-state index in [9.17, 15) is 8.78 Å². The highest BCUT2D eigenvalue weighted by atomic mass is 19.3. The minimum absolute atomic E-state index is 0.0887. The SMILES string of the molecule is FC1(F)CCN(Cc2ccco2)C[C@]12CCN(c1cccnc1)C2. The molecule has 0 saturated carbocycles. The molecule has 0 aromatic carbocycles. The van der Waals surface area contributed by atoms with Crippen molar-refractivity contribution in [3.8, 4) is 0 Å². The number of alkyl halides is 2. The molecule has 4 heterocycles. The van der Waals surface area contributed by atoms with Gasteiger partial charge in [0.25, 0.3) is 5.92 Å². The number of likely N-dealkylation sites (tertiary alicyclic amines) is 1. The van der Waals surface area contributed by atoms with Gasteiger partial charge in [0.2, 0.25) is 0 Å². The van der Waals surface area contributed by atoms with Crippen LogP contribution in [0.5, 0.6) is 0 Å². The van der Waals surface area contributed by atoms with Crippen LogP contribution in [0.1, 0.15) is 18.6 Å². The quantitative estimate of drug-likeness (QED) is 0.862. The third kappa shape index (κ3) is 2.69. The Kier molecular flexibility index (Phi) is 3.79. The molecular weight excluding hydrogens is 312 g/mol. The van der Waals surface area contributed by atoms with Crippen molar-refractivity contribution in [1.29, 1.82) is 0 Å². The molecule has 0 unspecified atom stereocenters. The Hall–Kier alpha value is -1.95. The fourth-order valence-corrected chi connectivity index (χ4v) is 4.01. The normalized spacial score (nSPS) is 27.0. The number of anilines is 1. The molecular formula is C18H21F2N3O. The smallest absolute Gasteiger partial charge is 0.257 e. The molecule has 1 spiro atoms. The molecule has 4 rings (SSSR count). The summed E-state index contributed by atoms with van der Waals surface area (Å²) >= 11 is 0. The van der Waals surface area contributed by atoms with Crippen LogP contribution >= 0.6 is 0 Å². The maximum atomic E-state index is 14.8. The Morgan fingerprint density at radius 2 is 2.04 bits per heavy atom. The van der Waals surface area contributed by atoms with Crippen LogP contribution in [0.15, 0.2) is 47.3 Å². The highest BCUT2D eigenvalue weighted by Crippen LogP contribution is 2.50. The Morgan fingerprint density at radius 1 is 1.12 bits per heavy atom. The number of piperidine rings is 1. The first-order valence-electron chi connectivity index (χ1n) is 8.36. The Balaban J connectivity index is 1.53. The third-order valence-electron chi connectivity index (χ3n) is 5.37. The molecule has 0 amide bonds. The van der Waals surface area contributed by atoms with Gasteiger partial charge >= 0.3 is 0 Å². The van der Waals surface area contributed by atoms with Crippen molar-refractivity contribution >= 4 is 5.69 Å². The van der Waals surface area contributed by atoms with Crippen LogP contribution in [0.4, 0.5) is 14.5 Å². The largest absolute Gasteiger partial charge is 0.468 e. The monoisotopic (exact) mass is 333 g/mol. The van der Waals surface area contributed by atoms with E-state index in [1.165, 1.54) is 0 Å². The summed E-state index contributed by atoms with van der Waals surface area (Å²) in [6.45, 7) is 2.42. The van der Waals surface area contributed by atoms with Crippen molar-refractivity contribution in [3.63, 3.8) is 0 Å². The van der Waals surface area contributed by atoms with E-state index >= 15 is 0 Å². The number of halogens is 2. The zero-order chi connectivity index (χ0) is 16.6. The van der Waals surface area contributed by atoms with Crippen LogP contribution < -0.4 is 4.90 Å². The summed E-state index contributed by atoms with van der Waals surface area (Å²) in [5, 5.41) is 0. The standard InChI is InChI=1S/C18H21F2N3O/c19-18(20)6-8-22(12-16-4-2-10-24-16)13-17(18)5-9-23(14-17)15-3-1-7-21-11-15/h1-4,7,10-11H,5-6,8-9,12-14H2/t17-/m0/s1. The van der Waals surface area contributed by atoms with Gasteiger partial charge in [-0.3, -0.25) is 9.88 Å². The van der Waals surface area contributed by atoms with E-state index in [-0.39, 0.29) is 6.42 Å². The van der Waals surface area contributed by atoms with Gasteiger partial charge in [-0.05, 0) is 30.7 Å². The first-order chi connectivity index (χ1) is 11.6. The molecule has 24 heavy (non-hydrogen) atoms. The highest BCUT2D eigenvalue weighted by molar-refractivity contribution is 5.45. The van der Waals surface area contributed by atoms with Crippen LogP contribution in [0.2, 0.25) is 0 Å². The van der Waals surface area contributed by atoms with Gasteiger partial charge in [-0.15, -0.1) is 0 Å². The van der Waals surface area contributed by atoms with Crippen molar-refractivity contribution in [2.24, 2.45) is 5.41 Å². The molecule has 2 aromatic rings. The number of rotatable bonds is 3. The molecule has 2 aliphatic rings. The van der Waals surface area contributed by atoms with Gasteiger partial charge < -0.3 is 9.32 Å². The van der Waals surface area contributed by atoms with E-state index in [4.69, 9.17) is 4.42 Å². The number of pyridine rings is 1. The van der Waals surface area contributed by atoms with Crippen molar-refractivity contribution in [2.75, 3.05) is 31.1 Å². The van der Waals surface area contributed by atoms with E-state index < -0.39 is 11.3 Å². The number of nitrogens with zero attached hydrogens (tertiary/aromatic N) is 3. The van der Waals surface area contributed by atoms with Gasteiger partial charge in [0.1, 0.15) is 5.76 Å². The van der Waals surface area contributed by atoms with E-state index in [2.05, 4.69) is 9.88 Å². The Morgan fingerprint density at radius 3 is 2.79 bits per heavy atom. The number of aromatic nitrogens is 1. The molecule has 1 atom stereocenters. The lowest BCUT2D eigenvalue weighted by Gasteiger charge is -2.45. The van der Waals surface area contributed by atoms with E-state index in [0.29, 0.717) is 39.1 Å². The first kappa shape index (κ1) is 15.6. The molecule has 2 aliphatic heterocycles. The molecule has 4 nitrogen and oxygen atoms in total. The zero-order valence-corrected chi connectivity index (χ0v) is 13.5. The maximum absolute atomic E-state index is 14.8. The number of hydrogen-bond donors (Lipinski definition) is 0. The topological polar surface area (TPSA) is 32.5 Å². The molecule has 128 valence electrons. The Bertz CT molecular complexity index is 677. The zero-order valence-electron chi connectivity index (χ0n) is 13.5. The predicted molar refractivity (Wildman–Crippen MR) is 87.0 cm³/mol. The van der Waals surface area contributed by atoms with Gasteiger partial charge in [0.05, 0.1) is 30.1 Å². The minimum atomic E-state index is -2.64. The van der Waals surface area contributed by atoms with Crippen LogP contribution in [0.25, 0.3) is 0 Å². The van der Waals surface area contributed by atoms with Crippen LogP contribution in [-0.2, 0) is 6.54 Å². The molecule has 2 aromatic heterocycles. The van der Waals surface area contributed by atoms with Crippen molar-refractivity contribution in [2.45, 2.75) is 25.3 Å². The summed E-state index contributed by atoms with van der Waals surface area (Å²) in [7, 11) is 0. The fourth-order valence-electron chi connectivity index (χ4n) is 4.01. The van der Waals surface area contributed by atoms with E-state index in [0.717, 1.165) is 11.4 Å². The second-order valence-corrected chi connectivity index (χ2v) is 6.91. The summed E-state index contributed by atoms with van der Waals surface area (Å²) in [6.07, 6.45) is 5.50. The summed E-state index contributed by atoms with van der Waals surface area (Å²) in [5.74, 6) is -1.80. The molecule has 2 fully saturated rings. The molecule has 6 heteroatoms. The fraction of sp³-hybridized carbons (Fsp3) is 0.500. The average Bonchev–Trinajstić information content (AvgIpc) is 3.23. The second kappa shape index (κ2) is 5.84. The number of furan rings is 1. The second-order valence-electron chi connectivity index (χ2n) is 6.91. The molecule has 0 bridgehead atoms. The molecule has 0 aliphatic carbocycles. The third-order valence-corrected chi connectivity index (χ3v) is 5.37. The lowest BCUT2D eigenvalue weighted by atomic mass is 9.75. The maximum Gasteiger partial charge on any atom is 0.257 e. The lowest BCUT2D eigenvalue weighted by molar-refractivity contribution is -0.159.